The number of alkyl halides is 3. The van der Waals surface area contributed by atoms with Gasteiger partial charge in [0.25, 0.3) is 5.91 Å². The van der Waals surface area contributed by atoms with Crippen LogP contribution in [0, 0.1) is 0 Å². The quantitative estimate of drug-likeness (QED) is 0.803. The molecule has 1 N–H and O–H groups in total. The van der Waals surface area contributed by atoms with Gasteiger partial charge < -0.3 is 19.7 Å². The molecule has 0 unspecified atom stereocenters. The van der Waals surface area contributed by atoms with Gasteiger partial charge >= 0.3 is 6.18 Å². The molecule has 0 aromatic heterocycles. The number of ether oxygens (including phenoxy) is 2. The van der Waals surface area contributed by atoms with Gasteiger partial charge in [0.1, 0.15) is 0 Å². The molecule has 0 bridgehead atoms. The minimum absolute atomic E-state index is 0.0635. The molecule has 0 fully saturated rings. The first kappa shape index (κ1) is 20.4. The lowest BCUT2D eigenvalue weighted by Crippen LogP contribution is -2.18. The van der Waals surface area contributed by atoms with Gasteiger partial charge in [0, 0.05) is 19.7 Å². The molecule has 0 saturated carbocycles. The van der Waals surface area contributed by atoms with Gasteiger partial charge in [-0.25, -0.2) is 0 Å². The molecule has 146 valence electrons. The zero-order valence-corrected chi connectivity index (χ0v) is 15.5. The first-order valence-corrected chi connectivity index (χ1v) is 8.18. The lowest BCUT2D eigenvalue weighted by molar-refractivity contribution is -0.137. The average molecular weight is 382 g/mol. The predicted octanol–water partition coefficient (Wildman–Crippen LogP) is 4.43. The third-order valence-corrected chi connectivity index (χ3v) is 3.78. The van der Waals surface area contributed by atoms with Gasteiger partial charge in [-0.15, -0.1) is 0 Å². The number of nitrogens with zero attached hydrogens (tertiary/aromatic N) is 1. The highest BCUT2D eigenvalue weighted by atomic mass is 19.4. The molecule has 0 atom stereocenters. The Labute approximate surface area is 155 Å². The Morgan fingerprint density at radius 3 is 2.37 bits per heavy atom. The number of benzene rings is 2. The Bertz CT molecular complexity index is 820. The van der Waals surface area contributed by atoms with Crippen LogP contribution in [0.4, 0.5) is 24.5 Å². The van der Waals surface area contributed by atoms with Crippen molar-refractivity contribution in [2.24, 2.45) is 0 Å². The van der Waals surface area contributed by atoms with Crippen LogP contribution in [0.5, 0.6) is 11.5 Å². The number of nitrogens with one attached hydrogen (secondary N) is 1. The highest BCUT2D eigenvalue weighted by molar-refractivity contribution is 6.06. The molecule has 1 amide bonds. The van der Waals surface area contributed by atoms with E-state index in [0.29, 0.717) is 23.8 Å². The molecule has 0 radical (unpaired) electrons. The minimum Gasteiger partial charge on any atom is -0.493 e. The topological polar surface area (TPSA) is 50.8 Å². The van der Waals surface area contributed by atoms with Crippen molar-refractivity contribution in [2.45, 2.75) is 13.1 Å². The first-order chi connectivity index (χ1) is 12.7. The van der Waals surface area contributed by atoms with E-state index in [9.17, 15) is 18.0 Å². The zero-order chi connectivity index (χ0) is 20.2. The molecule has 2 aromatic carbocycles. The van der Waals surface area contributed by atoms with Crippen LogP contribution in [0.1, 0.15) is 22.8 Å². The standard InChI is InChI=1S/C19H21F3N2O3/c1-5-27-17-10-12(6-9-16(17)26-4)18(25)23-14-11-13(19(20,21)22)7-8-15(14)24(2)3/h6-11H,5H2,1-4H3,(H,23,25). The number of rotatable bonds is 6. The monoisotopic (exact) mass is 382 g/mol. The summed E-state index contributed by atoms with van der Waals surface area (Å²) >= 11 is 0. The van der Waals surface area contributed by atoms with E-state index in [1.54, 1.807) is 32.0 Å². The van der Waals surface area contributed by atoms with E-state index in [1.807, 2.05) is 0 Å². The Morgan fingerprint density at radius 1 is 1.11 bits per heavy atom. The Balaban J connectivity index is 2.38. The maximum absolute atomic E-state index is 13.0. The SMILES string of the molecule is CCOc1cc(C(=O)Nc2cc(C(F)(F)F)ccc2N(C)C)ccc1OC. The number of halogens is 3. The van der Waals surface area contributed by atoms with E-state index in [1.165, 1.54) is 25.3 Å². The van der Waals surface area contributed by atoms with Crippen molar-refractivity contribution >= 4 is 17.3 Å². The summed E-state index contributed by atoms with van der Waals surface area (Å²) < 4.78 is 49.7. The van der Waals surface area contributed by atoms with Gasteiger partial charge in [0.05, 0.1) is 30.7 Å². The third-order valence-electron chi connectivity index (χ3n) is 3.78. The van der Waals surface area contributed by atoms with Crippen molar-refractivity contribution < 1.29 is 27.4 Å². The van der Waals surface area contributed by atoms with E-state index in [2.05, 4.69) is 5.32 Å². The summed E-state index contributed by atoms with van der Waals surface area (Å²) in [5, 5.41) is 2.55. The normalized spacial score (nSPS) is 11.1. The molecule has 2 rings (SSSR count). The lowest BCUT2D eigenvalue weighted by atomic mass is 10.1. The maximum atomic E-state index is 13.0. The van der Waals surface area contributed by atoms with Crippen LogP contribution in [-0.4, -0.2) is 33.7 Å². The molecule has 2 aromatic rings. The van der Waals surface area contributed by atoms with Crippen molar-refractivity contribution in [1.82, 2.24) is 0 Å². The van der Waals surface area contributed by atoms with E-state index in [0.717, 1.165) is 12.1 Å². The fraction of sp³-hybridized carbons (Fsp3) is 0.316. The Morgan fingerprint density at radius 2 is 1.81 bits per heavy atom. The molecule has 0 saturated heterocycles. The number of carbonyl (C=O) groups excluding carboxylic acids is 1. The molecule has 5 nitrogen and oxygen atoms in total. The summed E-state index contributed by atoms with van der Waals surface area (Å²) in [5.74, 6) is 0.284. The van der Waals surface area contributed by atoms with Crippen LogP contribution in [0.3, 0.4) is 0 Å². The van der Waals surface area contributed by atoms with Crippen molar-refractivity contribution in [3.05, 3.63) is 47.5 Å². The van der Waals surface area contributed by atoms with Crippen LogP contribution in [0.25, 0.3) is 0 Å². The number of amides is 1. The highest BCUT2D eigenvalue weighted by Crippen LogP contribution is 2.35. The number of hydrogen-bond donors (Lipinski definition) is 1. The van der Waals surface area contributed by atoms with Gasteiger partial charge in [-0.2, -0.15) is 13.2 Å². The second-order valence-corrected chi connectivity index (χ2v) is 5.88. The second kappa shape index (κ2) is 8.20. The van der Waals surface area contributed by atoms with Crippen LogP contribution in [0.2, 0.25) is 0 Å². The molecule has 0 aliphatic rings. The molecule has 0 spiro atoms. The molecule has 8 heteroatoms. The van der Waals surface area contributed by atoms with Crippen LogP contribution >= 0.6 is 0 Å². The van der Waals surface area contributed by atoms with Crippen LogP contribution < -0.4 is 19.7 Å². The number of anilines is 2. The molecule has 0 heterocycles. The Kier molecular flexibility index (Phi) is 6.20. The molecule has 0 aliphatic carbocycles. The highest BCUT2D eigenvalue weighted by Gasteiger charge is 2.31. The van der Waals surface area contributed by atoms with Gasteiger partial charge in [-0.05, 0) is 43.3 Å². The lowest BCUT2D eigenvalue weighted by Gasteiger charge is -2.20. The first-order valence-electron chi connectivity index (χ1n) is 8.18. The molecular weight excluding hydrogens is 361 g/mol. The van der Waals surface area contributed by atoms with Crippen molar-refractivity contribution in [1.29, 1.82) is 0 Å². The maximum Gasteiger partial charge on any atom is 0.416 e. The largest absolute Gasteiger partial charge is 0.493 e. The molecule has 27 heavy (non-hydrogen) atoms. The fourth-order valence-electron chi connectivity index (χ4n) is 2.48. The average Bonchev–Trinajstić information content (AvgIpc) is 2.60. The third kappa shape index (κ3) is 4.84. The van der Waals surface area contributed by atoms with E-state index >= 15 is 0 Å². The zero-order valence-electron chi connectivity index (χ0n) is 15.5. The van der Waals surface area contributed by atoms with Gasteiger partial charge in [-0.3, -0.25) is 4.79 Å². The number of methoxy groups -OCH3 is 1. The molecular formula is C19H21F3N2O3. The van der Waals surface area contributed by atoms with Crippen LogP contribution in [0.15, 0.2) is 36.4 Å². The van der Waals surface area contributed by atoms with Crippen LogP contribution in [-0.2, 0) is 6.18 Å². The van der Waals surface area contributed by atoms with Gasteiger partial charge in [-0.1, -0.05) is 0 Å². The van der Waals surface area contributed by atoms with Crippen molar-refractivity contribution in [2.75, 3.05) is 38.0 Å². The van der Waals surface area contributed by atoms with Gasteiger partial charge in [0.15, 0.2) is 11.5 Å². The predicted molar refractivity (Wildman–Crippen MR) is 97.9 cm³/mol. The number of hydrogen-bond acceptors (Lipinski definition) is 4. The minimum atomic E-state index is -4.51. The van der Waals surface area contributed by atoms with Crippen molar-refractivity contribution in [3.63, 3.8) is 0 Å². The summed E-state index contributed by atoms with van der Waals surface area (Å²) in [6.45, 7) is 2.16. The van der Waals surface area contributed by atoms with E-state index in [4.69, 9.17) is 9.47 Å². The Hall–Kier alpha value is -2.90. The summed E-state index contributed by atoms with van der Waals surface area (Å²) in [6, 6.07) is 7.78. The molecule has 0 aliphatic heterocycles. The van der Waals surface area contributed by atoms with E-state index < -0.39 is 17.6 Å². The summed E-state index contributed by atoms with van der Waals surface area (Å²) in [5.41, 5.74) is -0.0852. The second-order valence-electron chi connectivity index (χ2n) is 5.88. The number of carbonyl (C=O) groups is 1. The van der Waals surface area contributed by atoms with Gasteiger partial charge in [0.2, 0.25) is 0 Å². The summed E-state index contributed by atoms with van der Waals surface area (Å²) in [6.07, 6.45) is -4.51. The van der Waals surface area contributed by atoms with E-state index in [-0.39, 0.29) is 11.3 Å². The fourth-order valence-corrected chi connectivity index (χ4v) is 2.48. The summed E-state index contributed by atoms with van der Waals surface area (Å²) in [7, 11) is 4.83. The smallest absolute Gasteiger partial charge is 0.416 e. The summed E-state index contributed by atoms with van der Waals surface area (Å²) in [4.78, 5) is 14.2. The van der Waals surface area contributed by atoms with Crippen molar-refractivity contribution in [3.8, 4) is 11.5 Å².